The molecule has 0 aromatic rings. The smallest absolute Gasteiger partial charge is 0.0425 e. The third kappa shape index (κ3) is 8.63. The number of rotatable bonds is 5. The summed E-state index contributed by atoms with van der Waals surface area (Å²) in [6, 6.07) is 0. The molecule has 0 fully saturated rings. The van der Waals surface area contributed by atoms with E-state index in [0.29, 0.717) is 0 Å². The molecule has 1 rings (SSSR count). The van der Waals surface area contributed by atoms with Crippen molar-refractivity contribution in [1.29, 1.82) is 0 Å². The van der Waals surface area contributed by atoms with Gasteiger partial charge in [0.25, 0.3) is 0 Å². The number of nitrogens with zero attached hydrogens (tertiary/aromatic N) is 1. The molecule has 19 heavy (non-hydrogen) atoms. The van der Waals surface area contributed by atoms with Gasteiger partial charge in [0, 0.05) is 33.8 Å². The number of hydrogen-bond donors (Lipinski definition) is 0. The van der Waals surface area contributed by atoms with Crippen molar-refractivity contribution in [3.63, 3.8) is 0 Å². The Balaban J connectivity index is 0. The fourth-order valence-corrected chi connectivity index (χ4v) is 4.12. The summed E-state index contributed by atoms with van der Waals surface area (Å²) in [6.07, 6.45) is 13.0. The first-order valence-electron chi connectivity index (χ1n) is 6.76. The predicted molar refractivity (Wildman–Crippen MR) is 87.8 cm³/mol. The number of hydrogen-bond acceptors (Lipinski definition) is 1. The molecule has 0 aliphatic heterocycles. The van der Waals surface area contributed by atoms with Crippen LogP contribution in [0.3, 0.4) is 0 Å². The summed E-state index contributed by atoms with van der Waals surface area (Å²) in [5.41, 5.74) is 2.32. The van der Waals surface area contributed by atoms with Crippen molar-refractivity contribution in [3.05, 3.63) is 48.7 Å². The van der Waals surface area contributed by atoms with Crippen LogP contribution in [0.1, 0.15) is 34.1 Å². The third-order valence-corrected chi connectivity index (χ3v) is 7.42. The van der Waals surface area contributed by atoms with E-state index >= 15 is 0 Å². The molecule has 1 aliphatic rings. The van der Waals surface area contributed by atoms with Crippen LogP contribution < -0.4 is 0 Å². The molecule has 0 saturated carbocycles. The maximum atomic E-state index is 4.97. The van der Waals surface area contributed by atoms with Gasteiger partial charge in [-0.25, -0.2) is 0 Å². The van der Waals surface area contributed by atoms with Gasteiger partial charge in [-0.15, -0.1) is 0 Å². The average molecular weight is 313 g/mol. The molecule has 3 heteroatoms. The van der Waals surface area contributed by atoms with Gasteiger partial charge < -0.3 is 0 Å². The summed E-state index contributed by atoms with van der Waals surface area (Å²) >= 11 is 0. The second-order valence-corrected chi connectivity index (χ2v) is 8.77. The second kappa shape index (κ2) is 11.7. The van der Waals surface area contributed by atoms with Crippen LogP contribution >= 0.6 is 7.05 Å². The van der Waals surface area contributed by atoms with Crippen molar-refractivity contribution in [2.75, 3.05) is 18.5 Å². The molecule has 0 amide bonds. The SMILES string of the molecule is C=CC(=C)C.CCP(CC)(CC)=NC1=CC=CC1.[Ti]. The van der Waals surface area contributed by atoms with Crippen LogP contribution in [-0.2, 0) is 21.7 Å². The van der Waals surface area contributed by atoms with Crippen molar-refractivity contribution >= 4 is 7.05 Å². The van der Waals surface area contributed by atoms with Gasteiger partial charge in [-0.3, -0.25) is 4.74 Å². The average Bonchev–Trinajstić information content (AvgIpc) is 2.89. The van der Waals surface area contributed by atoms with Crippen LogP contribution in [0, 0.1) is 0 Å². The molecule has 0 heterocycles. The minimum absolute atomic E-state index is 0. The van der Waals surface area contributed by atoms with Gasteiger partial charge in [-0.2, -0.15) is 0 Å². The van der Waals surface area contributed by atoms with Crippen molar-refractivity contribution in [2.24, 2.45) is 4.74 Å². The Kier molecular flexibility index (Phi) is 13.1. The standard InChI is InChI=1S/C11H20NP.C5H8.Ti/c1-4-13(5-2,6-3)12-11-9-7-8-10-11;1-4-5(2)3;/h7-9H,4-6,10H2,1-3H3;4H,1-2H2,3H3;. The molecule has 0 atom stereocenters. The zero-order valence-corrected chi connectivity index (χ0v) is 15.4. The summed E-state index contributed by atoms with van der Waals surface area (Å²) in [7, 11) is -0.971. The molecular formula is C16H28NPTi. The monoisotopic (exact) mass is 313 g/mol. The minimum Gasteiger partial charge on any atom is -0.272 e. The molecule has 1 aliphatic carbocycles. The Bertz CT molecular complexity index is 373. The van der Waals surface area contributed by atoms with E-state index in [0.717, 1.165) is 12.0 Å². The van der Waals surface area contributed by atoms with Gasteiger partial charge in [-0.05, 0) is 38.5 Å². The van der Waals surface area contributed by atoms with Crippen molar-refractivity contribution < 1.29 is 21.7 Å². The van der Waals surface area contributed by atoms with Gasteiger partial charge in [0.05, 0.1) is 0 Å². The Morgan fingerprint density at radius 3 is 2.05 bits per heavy atom. The van der Waals surface area contributed by atoms with Gasteiger partial charge >= 0.3 is 0 Å². The first-order chi connectivity index (χ1) is 8.53. The van der Waals surface area contributed by atoms with Crippen LogP contribution in [0.25, 0.3) is 0 Å². The van der Waals surface area contributed by atoms with Crippen LogP contribution in [0.4, 0.5) is 0 Å². The van der Waals surface area contributed by atoms with Crippen LogP contribution in [0.15, 0.2) is 53.5 Å². The van der Waals surface area contributed by atoms with Gasteiger partial charge in [-0.1, -0.05) is 57.7 Å². The van der Waals surface area contributed by atoms with Gasteiger partial charge in [0.15, 0.2) is 0 Å². The Labute approximate surface area is 134 Å². The molecule has 0 aromatic carbocycles. The van der Waals surface area contributed by atoms with E-state index in [-0.39, 0.29) is 21.7 Å². The minimum atomic E-state index is -0.971. The second-order valence-electron chi connectivity index (χ2n) is 4.48. The first-order valence-corrected chi connectivity index (χ1v) is 9.06. The van der Waals surface area contributed by atoms with Crippen LogP contribution in [-0.4, -0.2) is 18.5 Å². The molecule has 0 aromatic heterocycles. The van der Waals surface area contributed by atoms with E-state index in [4.69, 9.17) is 4.74 Å². The van der Waals surface area contributed by atoms with E-state index in [1.54, 1.807) is 6.08 Å². The Morgan fingerprint density at radius 1 is 1.32 bits per heavy atom. The van der Waals surface area contributed by atoms with Crippen molar-refractivity contribution in [2.45, 2.75) is 34.1 Å². The van der Waals surface area contributed by atoms with Crippen LogP contribution in [0.2, 0.25) is 0 Å². The fraction of sp³-hybridized carbons (Fsp3) is 0.500. The molecule has 0 spiro atoms. The Hall–Kier alpha value is -0.0957. The molecule has 106 valence electrons. The molecule has 1 nitrogen and oxygen atoms in total. The van der Waals surface area contributed by atoms with E-state index in [1.165, 1.54) is 24.2 Å². The van der Waals surface area contributed by atoms with Crippen molar-refractivity contribution in [3.8, 4) is 0 Å². The zero-order valence-electron chi connectivity index (χ0n) is 12.9. The Morgan fingerprint density at radius 2 is 1.79 bits per heavy atom. The van der Waals surface area contributed by atoms with E-state index in [2.05, 4.69) is 52.2 Å². The summed E-state index contributed by atoms with van der Waals surface area (Å²) in [5, 5.41) is 0. The fourth-order valence-electron chi connectivity index (χ4n) is 1.67. The van der Waals surface area contributed by atoms with E-state index in [1.807, 2.05) is 6.92 Å². The quantitative estimate of drug-likeness (QED) is 0.343. The summed E-state index contributed by atoms with van der Waals surface area (Å²) in [4.78, 5) is 0. The summed E-state index contributed by atoms with van der Waals surface area (Å²) in [6.45, 7) is 15.8. The first kappa shape index (κ1) is 21.2. The maximum absolute atomic E-state index is 4.97. The van der Waals surface area contributed by atoms with Crippen LogP contribution in [0.5, 0.6) is 0 Å². The molecule has 0 radical (unpaired) electrons. The maximum Gasteiger partial charge on any atom is 0.0425 e. The topological polar surface area (TPSA) is 12.4 Å². The predicted octanol–water partition coefficient (Wildman–Crippen LogP) is 5.84. The third-order valence-electron chi connectivity index (χ3n) is 3.21. The van der Waals surface area contributed by atoms with Gasteiger partial charge in [0.1, 0.15) is 0 Å². The molecule has 0 bridgehead atoms. The largest absolute Gasteiger partial charge is 0.272 e. The molecule has 0 unspecified atom stereocenters. The normalized spacial score (nSPS) is 12.7. The van der Waals surface area contributed by atoms with E-state index in [9.17, 15) is 0 Å². The van der Waals surface area contributed by atoms with Crippen molar-refractivity contribution in [1.82, 2.24) is 0 Å². The summed E-state index contributed by atoms with van der Waals surface area (Å²) < 4.78 is 4.97. The van der Waals surface area contributed by atoms with E-state index < -0.39 is 7.05 Å². The molecule has 0 saturated heterocycles. The van der Waals surface area contributed by atoms with Gasteiger partial charge in [0.2, 0.25) is 0 Å². The summed E-state index contributed by atoms with van der Waals surface area (Å²) in [5.74, 6) is 0. The molecular weight excluding hydrogens is 285 g/mol. The molecule has 0 N–H and O–H groups in total. The zero-order chi connectivity index (χ0) is 14.0. The number of allylic oxidation sites excluding steroid dienone is 5.